The van der Waals surface area contributed by atoms with Crippen LogP contribution in [0.2, 0.25) is 0 Å². The van der Waals surface area contributed by atoms with Crippen LogP contribution in [0.15, 0.2) is 18.2 Å². The van der Waals surface area contributed by atoms with E-state index in [4.69, 9.17) is 15.3 Å². The number of carbonyl (C=O) groups excluding carboxylic acids is 3. The summed E-state index contributed by atoms with van der Waals surface area (Å²) >= 11 is 0. The lowest BCUT2D eigenvalue weighted by atomic mass is 9.89. The predicted octanol–water partition coefficient (Wildman–Crippen LogP) is 1.40. The Kier molecular flexibility index (Phi) is 7.24. The first-order chi connectivity index (χ1) is 13.6. The van der Waals surface area contributed by atoms with Crippen LogP contribution in [-0.2, 0) is 27.3 Å². The van der Waals surface area contributed by atoms with Crippen LogP contribution in [0.1, 0.15) is 56.7 Å². The van der Waals surface area contributed by atoms with Crippen LogP contribution in [0.25, 0.3) is 0 Å². The normalized spacial score (nSPS) is 23.4. The Balaban J connectivity index is 0.000000941. The number of hydrogen-bond acceptors (Lipinski definition) is 5. The molecule has 1 aromatic carbocycles. The van der Waals surface area contributed by atoms with E-state index >= 15 is 0 Å². The lowest BCUT2D eigenvalue weighted by molar-refractivity contribution is -0.119. The van der Waals surface area contributed by atoms with Crippen molar-refractivity contribution in [2.45, 2.75) is 70.7 Å². The molecule has 0 aliphatic carbocycles. The van der Waals surface area contributed by atoms with Gasteiger partial charge in [-0.1, -0.05) is 18.2 Å². The Morgan fingerprint density at radius 1 is 1.28 bits per heavy atom. The second-order valence-electron chi connectivity index (χ2n) is 8.62. The second kappa shape index (κ2) is 9.26. The van der Waals surface area contributed by atoms with Crippen LogP contribution in [-0.4, -0.2) is 47.5 Å². The maximum Gasteiger partial charge on any atom is 0.410 e. The summed E-state index contributed by atoms with van der Waals surface area (Å²) in [5.74, 6) is -0.0255. The van der Waals surface area contributed by atoms with Crippen molar-refractivity contribution in [3.05, 3.63) is 34.9 Å². The molecule has 2 aliphatic heterocycles. The van der Waals surface area contributed by atoms with Crippen molar-refractivity contribution in [1.82, 2.24) is 10.2 Å². The third kappa shape index (κ3) is 5.93. The molecule has 3 amide bonds. The van der Waals surface area contributed by atoms with Crippen LogP contribution in [0.4, 0.5) is 4.79 Å². The van der Waals surface area contributed by atoms with Gasteiger partial charge in [-0.05, 0) is 63.1 Å². The zero-order chi connectivity index (χ0) is 21.8. The Morgan fingerprint density at radius 2 is 1.93 bits per heavy atom. The summed E-state index contributed by atoms with van der Waals surface area (Å²) in [5.41, 5.74) is 12.7. The SMILES string of the molecule is CC1Cc2ccc(C3CNC(C(N)=O)C3)cc2CN1C(=O)OC(C)(C)C.NC=O. The summed E-state index contributed by atoms with van der Waals surface area (Å²) in [4.78, 5) is 34.3. The van der Waals surface area contributed by atoms with Crippen molar-refractivity contribution in [2.24, 2.45) is 11.5 Å². The van der Waals surface area contributed by atoms with Crippen LogP contribution >= 0.6 is 0 Å². The zero-order valence-corrected chi connectivity index (χ0v) is 17.6. The fourth-order valence-corrected chi connectivity index (χ4v) is 3.79. The van der Waals surface area contributed by atoms with Crippen LogP contribution in [0.5, 0.6) is 0 Å². The van der Waals surface area contributed by atoms with Gasteiger partial charge in [0.15, 0.2) is 0 Å². The van der Waals surface area contributed by atoms with Gasteiger partial charge in [0.25, 0.3) is 0 Å². The van der Waals surface area contributed by atoms with Crippen molar-refractivity contribution in [2.75, 3.05) is 6.54 Å². The molecule has 2 aliphatic rings. The number of nitrogens with one attached hydrogen (secondary N) is 1. The number of rotatable bonds is 2. The molecule has 0 spiro atoms. The van der Waals surface area contributed by atoms with E-state index < -0.39 is 5.60 Å². The molecule has 0 radical (unpaired) electrons. The molecule has 1 saturated heterocycles. The molecule has 29 heavy (non-hydrogen) atoms. The maximum atomic E-state index is 12.5. The molecule has 5 N–H and O–H groups in total. The van der Waals surface area contributed by atoms with Gasteiger partial charge in [-0.15, -0.1) is 0 Å². The monoisotopic (exact) mass is 404 g/mol. The minimum Gasteiger partial charge on any atom is -0.444 e. The van der Waals surface area contributed by atoms with Crippen molar-refractivity contribution in [3.63, 3.8) is 0 Å². The van der Waals surface area contributed by atoms with E-state index in [1.165, 1.54) is 11.1 Å². The molecule has 3 unspecified atom stereocenters. The molecule has 3 atom stereocenters. The number of primary amides is 2. The fourth-order valence-electron chi connectivity index (χ4n) is 3.79. The molecule has 1 fully saturated rings. The van der Waals surface area contributed by atoms with Crippen LogP contribution in [0, 0.1) is 0 Å². The number of carbonyl (C=O) groups is 3. The van der Waals surface area contributed by atoms with Gasteiger partial charge < -0.3 is 26.4 Å². The van der Waals surface area contributed by atoms with Crippen LogP contribution in [0.3, 0.4) is 0 Å². The largest absolute Gasteiger partial charge is 0.444 e. The number of amides is 3. The smallest absolute Gasteiger partial charge is 0.410 e. The number of nitrogens with zero attached hydrogens (tertiary/aromatic N) is 1. The van der Waals surface area contributed by atoms with E-state index in [1.54, 1.807) is 4.90 Å². The molecule has 0 aromatic heterocycles. The predicted molar refractivity (Wildman–Crippen MR) is 110 cm³/mol. The first-order valence-electron chi connectivity index (χ1n) is 9.85. The van der Waals surface area contributed by atoms with Gasteiger partial charge in [0.05, 0.1) is 6.04 Å². The minimum atomic E-state index is -0.502. The van der Waals surface area contributed by atoms with E-state index in [1.807, 2.05) is 20.8 Å². The molecular formula is C21H32N4O4. The van der Waals surface area contributed by atoms with Gasteiger partial charge in [0.2, 0.25) is 12.3 Å². The van der Waals surface area contributed by atoms with Gasteiger partial charge >= 0.3 is 6.09 Å². The van der Waals surface area contributed by atoms with Crippen molar-refractivity contribution >= 4 is 18.4 Å². The Bertz CT molecular complexity index is 760. The Labute approximate surface area is 171 Å². The summed E-state index contributed by atoms with van der Waals surface area (Å²) in [6.07, 6.45) is 1.53. The zero-order valence-electron chi connectivity index (χ0n) is 17.6. The molecule has 2 heterocycles. The molecular weight excluding hydrogens is 372 g/mol. The molecule has 160 valence electrons. The van der Waals surface area contributed by atoms with Crippen molar-refractivity contribution in [1.29, 1.82) is 0 Å². The average Bonchev–Trinajstić information content (AvgIpc) is 3.10. The Morgan fingerprint density at radius 3 is 2.48 bits per heavy atom. The molecule has 1 aromatic rings. The van der Waals surface area contributed by atoms with E-state index in [-0.39, 0.29) is 36.4 Å². The molecule has 8 heteroatoms. The van der Waals surface area contributed by atoms with Gasteiger partial charge in [-0.2, -0.15) is 0 Å². The molecule has 0 bridgehead atoms. The highest BCUT2D eigenvalue weighted by molar-refractivity contribution is 5.80. The highest BCUT2D eigenvalue weighted by Gasteiger charge is 2.32. The number of ether oxygens (including phenoxy) is 1. The summed E-state index contributed by atoms with van der Waals surface area (Å²) < 4.78 is 5.56. The highest BCUT2D eigenvalue weighted by atomic mass is 16.6. The lowest BCUT2D eigenvalue weighted by Crippen LogP contribution is -2.45. The lowest BCUT2D eigenvalue weighted by Gasteiger charge is -2.36. The quantitative estimate of drug-likeness (QED) is 0.642. The molecule has 3 rings (SSSR count). The molecule has 8 nitrogen and oxygen atoms in total. The highest BCUT2D eigenvalue weighted by Crippen LogP contribution is 2.31. The number of fused-ring (bicyclic) bond motifs is 1. The van der Waals surface area contributed by atoms with Crippen molar-refractivity contribution in [3.8, 4) is 0 Å². The fraction of sp³-hybridized carbons (Fsp3) is 0.571. The minimum absolute atomic E-state index is 0.107. The van der Waals surface area contributed by atoms with E-state index in [9.17, 15) is 9.59 Å². The summed E-state index contributed by atoms with van der Waals surface area (Å²) in [7, 11) is 0. The number of benzene rings is 1. The van der Waals surface area contributed by atoms with Crippen molar-refractivity contribution < 1.29 is 19.1 Å². The van der Waals surface area contributed by atoms with E-state index in [2.05, 4.69) is 36.2 Å². The second-order valence-corrected chi connectivity index (χ2v) is 8.62. The topological polar surface area (TPSA) is 128 Å². The summed E-state index contributed by atoms with van der Waals surface area (Å²) in [6, 6.07) is 6.33. The third-order valence-electron chi connectivity index (χ3n) is 5.19. The first kappa shape index (κ1) is 22.7. The van der Waals surface area contributed by atoms with E-state index in [0.29, 0.717) is 6.54 Å². The van der Waals surface area contributed by atoms with Gasteiger partial charge in [0.1, 0.15) is 5.60 Å². The molecule has 0 saturated carbocycles. The standard InChI is InChI=1S/C20H29N3O3.CH3NO/c1-12-7-13-5-6-14(15-9-17(18(21)24)22-10-15)8-16(13)11-23(12)19(25)26-20(2,3)4;2-1-3/h5-6,8,12,15,17,22H,7,9-11H2,1-4H3,(H2,21,24);1H,(H2,2,3). The maximum absolute atomic E-state index is 12.5. The summed E-state index contributed by atoms with van der Waals surface area (Å²) in [5, 5.41) is 3.19. The third-order valence-corrected chi connectivity index (χ3v) is 5.19. The average molecular weight is 405 g/mol. The Hall–Kier alpha value is -2.61. The van der Waals surface area contributed by atoms with Gasteiger partial charge in [-0.3, -0.25) is 9.59 Å². The number of nitrogens with two attached hydrogens (primary N) is 2. The first-order valence-corrected chi connectivity index (χ1v) is 9.85. The number of hydrogen-bond donors (Lipinski definition) is 3. The van der Waals surface area contributed by atoms with Gasteiger partial charge in [-0.25, -0.2) is 4.79 Å². The summed E-state index contributed by atoms with van der Waals surface area (Å²) in [6.45, 7) is 9.01. The van der Waals surface area contributed by atoms with Crippen LogP contribution < -0.4 is 16.8 Å². The van der Waals surface area contributed by atoms with E-state index in [0.717, 1.165) is 24.9 Å². The van der Waals surface area contributed by atoms with Gasteiger partial charge in [0, 0.05) is 19.1 Å².